The van der Waals surface area contributed by atoms with Crippen LogP contribution in [0.25, 0.3) is 0 Å². The van der Waals surface area contributed by atoms with Gasteiger partial charge in [-0.1, -0.05) is 126 Å². The number of aliphatic hydroxyl groups excluding tert-OH is 7. The third-order valence-corrected chi connectivity index (χ3v) is 9.82. The minimum absolute atomic E-state index is 0.0199. The molecule has 14 heteroatoms. The molecule has 58 heavy (non-hydrogen) atoms. The summed E-state index contributed by atoms with van der Waals surface area (Å²) >= 11 is 0. The molecule has 2 aliphatic rings. The average molecular weight is 827 g/mol. The van der Waals surface area contributed by atoms with Crippen LogP contribution in [0, 0.1) is 0 Å². The number of carbonyl (C=O) groups excluding carboxylic acids is 1. The third-order valence-electron chi connectivity index (χ3n) is 9.82. The fourth-order valence-corrected chi connectivity index (χ4v) is 6.30. The number of hydrogen-bond donors (Lipinski definition) is 7. The van der Waals surface area contributed by atoms with Gasteiger partial charge in [-0.2, -0.15) is 0 Å². The number of unbranched alkanes of at least 4 members (excludes halogenated alkanes) is 8. The van der Waals surface area contributed by atoms with Gasteiger partial charge in [-0.05, 0) is 38.5 Å². The van der Waals surface area contributed by atoms with Crippen molar-refractivity contribution in [2.24, 2.45) is 0 Å². The monoisotopic (exact) mass is 827 g/mol. The van der Waals surface area contributed by atoms with Gasteiger partial charge in [0.2, 0.25) is 0 Å². The zero-order chi connectivity index (χ0) is 42.4. The van der Waals surface area contributed by atoms with Crippen LogP contribution in [0.15, 0.2) is 60.8 Å². The van der Waals surface area contributed by atoms with E-state index in [-0.39, 0.29) is 19.6 Å². The number of ether oxygens (including phenoxy) is 6. The number of allylic oxidation sites excluding steroid dienone is 9. The van der Waals surface area contributed by atoms with E-state index in [1.807, 2.05) is 12.2 Å². The van der Waals surface area contributed by atoms with Crippen LogP contribution >= 0.6 is 0 Å². The summed E-state index contributed by atoms with van der Waals surface area (Å²) in [5, 5.41) is 71.7. The largest absolute Gasteiger partial charge is 0.457 e. The second-order valence-corrected chi connectivity index (χ2v) is 14.8. The highest BCUT2D eigenvalue weighted by molar-refractivity contribution is 5.71. The molecule has 11 atom stereocenters. The maximum Gasteiger partial charge on any atom is 0.310 e. The van der Waals surface area contributed by atoms with Crippen molar-refractivity contribution in [3.63, 3.8) is 0 Å². The summed E-state index contributed by atoms with van der Waals surface area (Å²) in [6.45, 7) is 3.38. The molecule has 0 bridgehead atoms. The lowest BCUT2D eigenvalue weighted by Crippen LogP contribution is -2.61. The summed E-state index contributed by atoms with van der Waals surface area (Å²) in [5.41, 5.74) is 0. The molecule has 2 fully saturated rings. The quantitative estimate of drug-likeness (QED) is 0.0296. The van der Waals surface area contributed by atoms with Crippen LogP contribution in [-0.4, -0.2) is 142 Å². The lowest BCUT2D eigenvalue weighted by Gasteiger charge is -2.42. The van der Waals surface area contributed by atoms with Crippen molar-refractivity contribution < 1.29 is 69.0 Å². The molecule has 0 saturated carbocycles. The molecule has 11 unspecified atom stereocenters. The normalized spacial score (nSPS) is 28.8. The molecule has 0 aromatic carbocycles. The van der Waals surface area contributed by atoms with E-state index >= 15 is 0 Å². The molecule has 0 aliphatic carbocycles. The summed E-state index contributed by atoms with van der Waals surface area (Å²) in [7, 11) is 0. The summed E-state index contributed by atoms with van der Waals surface area (Å²) in [5.74, 6) is -0.506. The highest BCUT2D eigenvalue weighted by Crippen LogP contribution is 2.26. The molecule has 334 valence electrons. The van der Waals surface area contributed by atoms with Gasteiger partial charge >= 0.3 is 5.97 Å². The van der Waals surface area contributed by atoms with Gasteiger partial charge in [-0.25, -0.2) is 0 Å². The van der Waals surface area contributed by atoms with Gasteiger partial charge in [-0.3, -0.25) is 4.79 Å². The second kappa shape index (κ2) is 32.5. The number of esters is 1. The highest BCUT2D eigenvalue weighted by atomic mass is 16.7. The molecule has 0 spiro atoms. The Morgan fingerprint density at radius 1 is 0.569 bits per heavy atom. The minimum Gasteiger partial charge on any atom is -0.457 e. The molecule has 2 aliphatic heterocycles. The van der Waals surface area contributed by atoms with E-state index in [9.17, 15) is 40.5 Å². The first-order valence-corrected chi connectivity index (χ1v) is 21.4. The Morgan fingerprint density at radius 2 is 1.05 bits per heavy atom. The van der Waals surface area contributed by atoms with Gasteiger partial charge < -0.3 is 64.2 Å². The Labute approximate surface area is 345 Å². The number of aliphatic hydroxyl groups is 7. The molecule has 14 nitrogen and oxygen atoms in total. The number of carbonyl (C=O) groups is 1. The Bertz CT molecular complexity index is 1190. The molecule has 0 amide bonds. The predicted octanol–water partition coefficient (Wildman–Crippen LogP) is 4.23. The van der Waals surface area contributed by atoms with E-state index < -0.39 is 86.7 Å². The van der Waals surface area contributed by atoms with Gasteiger partial charge in [0, 0.05) is 6.61 Å². The van der Waals surface area contributed by atoms with Crippen molar-refractivity contribution >= 4 is 5.97 Å². The zero-order valence-electron chi connectivity index (χ0n) is 34.8. The SMILES string of the molecule is CC/C=C\C/C=C\C/C=C\C/C=C\C/C=C\CC(=O)OC(COCCCCCCCCCCC)COC1OC(COC2OC(CO)C(O)C(O)C2O)C(O)C(O)C1O. The molecule has 0 aromatic rings. The topological polar surface area (TPSA) is 214 Å². The molecule has 7 N–H and O–H groups in total. The molecule has 0 aromatic heterocycles. The van der Waals surface area contributed by atoms with Crippen molar-refractivity contribution in [2.45, 2.75) is 178 Å². The minimum atomic E-state index is -1.72. The van der Waals surface area contributed by atoms with Crippen LogP contribution in [0.2, 0.25) is 0 Å². The van der Waals surface area contributed by atoms with Crippen LogP contribution in [-0.2, 0) is 33.2 Å². The Morgan fingerprint density at radius 3 is 1.60 bits per heavy atom. The molecule has 0 radical (unpaired) electrons. The molecule has 2 saturated heterocycles. The van der Waals surface area contributed by atoms with E-state index in [1.165, 1.54) is 38.5 Å². The van der Waals surface area contributed by atoms with Gasteiger partial charge in [0.15, 0.2) is 12.6 Å². The molecule has 2 rings (SSSR count). The van der Waals surface area contributed by atoms with Gasteiger partial charge in [0.1, 0.15) is 54.9 Å². The molecule has 2 heterocycles. The van der Waals surface area contributed by atoms with E-state index in [4.69, 9.17) is 28.4 Å². The summed E-state index contributed by atoms with van der Waals surface area (Å²) in [6, 6.07) is 0. The summed E-state index contributed by atoms with van der Waals surface area (Å²) < 4.78 is 33.9. The Balaban J connectivity index is 1.88. The van der Waals surface area contributed by atoms with Gasteiger partial charge in [0.05, 0.1) is 32.8 Å². The standard InChI is InChI=1S/C44H74O14/c1-3-5-7-9-11-13-14-15-16-17-18-19-21-23-25-27-36(46)56-33(30-53-28-26-24-22-20-12-10-8-6-4-2)31-54-43-42(52)40(50)38(48)35(58-43)32-55-44-41(51)39(49)37(47)34(29-45)57-44/h5,7,11,13,15-16,18-19,23,25,33-35,37-45,47-52H,3-4,6,8-10,12,14,17,20-22,24,26-32H2,1-2H3/b7-5-,13-11-,16-15-,19-18-,25-23-. The average Bonchev–Trinajstić information content (AvgIpc) is 3.22. The third kappa shape index (κ3) is 21.3. The van der Waals surface area contributed by atoms with E-state index in [0.717, 1.165) is 44.9 Å². The van der Waals surface area contributed by atoms with Gasteiger partial charge in [-0.15, -0.1) is 0 Å². The Hall–Kier alpha value is -2.31. The van der Waals surface area contributed by atoms with Crippen molar-refractivity contribution in [1.82, 2.24) is 0 Å². The van der Waals surface area contributed by atoms with E-state index in [0.29, 0.717) is 13.0 Å². The molecular formula is C44H74O14. The lowest BCUT2D eigenvalue weighted by atomic mass is 9.98. The van der Waals surface area contributed by atoms with Crippen LogP contribution < -0.4 is 0 Å². The van der Waals surface area contributed by atoms with Crippen molar-refractivity contribution in [2.75, 3.05) is 33.0 Å². The maximum atomic E-state index is 12.8. The van der Waals surface area contributed by atoms with Crippen molar-refractivity contribution in [3.8, 4) is 0 Å². The maximum absolute atomic E-state index is 12.8. The van der Waals surface area contributed by atoms with E-state index in [1.54, 1.807) is 6.08 Å². The van der Waals surface area contributed by atoms with Crippen LogP contribution in [0.5, 0.6) is 0 Å². The molecular weight excluding hydrogens is 752 g/mol. The number of rotatable bonds is 31. The van der Waals surface area contributed by atoms with Crippen LogP contribution in [0.4, 0.5) is 0 Å². The summed E-state index contributed by atoms with van der Waals surface area (Å²) in [4.78, 5) is 12.8. The first-order chi connectivity index (χ1) is 28.1. The van der Waals surface area contributed by atoms with Crippen LogP contribution in [0.3, 0.4) is 0 Å². The zero-order valence-corrected chi connectivity index (χ0v) is 34.8. The first-order valence-electron chi connectivity index (χ1n) is 21.4. The van der Waals surface area contributed by atoms with Gasteiger partial charge in [0.25, 0.3) is 0 Å². The fraction of sp³-hybridized carbons (Fsp3) is 0.750. The first kappa shape index (κ1) is 51.8. The second-order valence-electron chi connectivity index (χ2n) is 14.8. The van der Waals surface area contributed by atoms with Crippen molar-refractivity contribution in [1.29, 1.82) is 0 Å². The lowest BCUT2D eigenvalue weighted by molar-refractivity contribution is -0.332. The summed E-state index contributed by atoms with van der Waals surface area (Å²) in [6.07, 6.45) is 19.0. The fourth-order valence-electron chi connectivity index (χ4n) is 6.30. The highest BCUT2D eigenvalue weighted by Gasteiger charge is 2.47. The predicted molar refractivity (Wildman–Crippen MR) is 219 cm³/mol. The van der Waals surface area contributed by atoms with Crippen molar-refractivity contribution in [3.05, 3.63) is 60.8 Å². The smallest absolute Gasteiger partial charge is 0.310 e. The van der Waals surface area contributed by atoms with Crippen LogP contribution in [0.1, 0.15) is 110 Å². The number of hydrogen-bond acceptors (Lipinski definition) is 14. The van der Waals surface area contributed by atoms with E-state index in [2.05, 4.69) is 56.4 Å². The Kier molecular flexibility index (Phi) is 29.0.